The maximum Gasteiger partial charge on any atom is 0.191 e. The molecule has 0 saturated heterocycles. The van der Waals surface area contributed by atoms with Crippen LogP contribution < -0.4 is 10.6 Å². The summed E-state index contributed by atoms with van der Waals surface area (Å²) in [6.45, 7) is 3.65. The molecule has 0 aliphatic heterocycles. The minimum absolute atomic E-state index is 0. The van der Waals surface area contributed by atoms with E-state index in [0.717, 1.165) is 40.9 Å². The van der Waals surface area contributed by atoms with E-state index in [1.165, 1.54) is 4.88 Å². The van der Waals surface area contributed by atoms with E-state index in [9.17, 15) is 0 Å². The first-order valence-corrected chi connectivity index (χ1v) is 8.53. The summed E-state index contributed by atoms with van der Waals surface area (Å²) >= 11 is 7.76. The van der Waals surface area contributed by atoms with Gasteiger partial charge in [0.2, 0.25) is 0 Å². The second kappa shape index (κ2) is 10.8. The van der Waals surface area contributed by atoms with Crippen molar-refractivity contribution in [1.29, 1.82) is 0 Å². The van der Waals surface area contributed by atoms with Gasteiger partial charge < -0.3 is 10.6 Å². The molecule has 2 N–H and O–H groups in total. The molecule has 0 aliphatic carbocycles. The molecule has 2 rings (SSSR count). The first-order valence-electron chi connectivity index (χ1n) is 7.33. The van der Waals surface area contributed by atoms with Crippen LogP contribution in [-0.2, 0) is 19.4 Å². The Balaban J connectivity index is 0.00000264. The van der Waals surface area contributed by atoms with Gasteiger partial charge in [-0.3, -0.25) is 4.99 Å². The molecule has 1 heterocycles. The quantitative estimate of drug-likeness (QED) is 0.387. The van der Waals surface area contributed by atoms with Gasteiger partial charge in [-0.15, -0.1) is 35.3 Å². The Bertz CT molecular complexity index is 630. The van der Waals surface area contributed by atoms with Crippen molar-refractivity contribution in [3.8, 4) is 0 Å². The number of aryl methyl sites for hydroxylation is 1. The van der Waals surface area contributed by atoms with Crippen molar-refractivity contribution in [1.82, 2.24) is 15.6 Å². The molecule has 0 unspecified atom stereocenters. The van der Waals surface area contributed by atoms with Crippen molar-refractivity contribution < 1.29 is 0 Å². The molecule has 1 aromatic carbocycles. The van der Waals surface area contributed by atoms with Gasteiger partial charge in [0.15, 0.2) is 5.96 Å². The van der Waals surface area contributed by atoms with Crippen molar-refractivity contribution in [3.05, 3.63) is 50.9 Å². The molecule has 0 atom stereocenters. The molecule has 0 saturated carbocycles. The summed E-state index contributed by atoms with van der Waals surface area (Å²) in [5, 5.41) is 8.49. The third-order valence-corrected chi connectivity index (χ3v) is 4.59. The number of hydrogen-bond donors (Lipinski definition) is 2. The number of nitrogens with one attached hydrogen (secondary N) is 2. The number of hydrogen-bond acceptors (Lipinski definition) is 3. The van der Waals surface area contributed by atoms with Crippen LogP contribution in [0.25, 0.3) is 0 Å². The number of halogens is 2. The lowest BCUT2D eigenvalue weighted by molar-refractivity contribution is 0.792. The molecule has 0 spiro atoms. The van der Waals surface area contributed by atoms with Gasteiger partial charge in [-0.1, -0.05) is 30.7 Å². The van der Waals surface area contributed by atoms with Crippen molar-refractivity contribution in [3.63, 3.8) is 0 Å². The van der Waals surface area contributed by atoms with Crippen LogP contribution in [-0.4, -0.2) is 24.5 Å². The van der Waals surface area contributed by atoms with Gasteiger partial charge in [-0.25, -0.2) is 4.98 Å². The Morgan fingerprint density at radius 1 is 1.35 bits per heavy atom. The van der Waals surface area contributed by atoms with Crippen LogP contribution >= 0.6 is 46.9 Å². The highest BCUT2D eigenvalue weighted by atomic mass is 127. The number of benzene rings is 1. The molecule has 0 aliphatic rings. The fourth-order valence-corrected chi connectivity index (χ4v) is 3.04. The van der Waals surface area contributed by atoms with Gasteiger partial charge in [0.05, 0.1) is 5.01 Å². The van der Waals surface area contributed by atoms with Crippen molar-refractivity contribution in [2.24, 2.45) is 4.99 Å². The third kappa shape index (κ3) is 7.05. The Kier molecular flexibility index (Phi) is 9.50. The van der Waals surface area contributed by atoms with Crippen LogP contribution in [0.1, 0.15) is 22.4 Å². The summed E-state index contributed by atoms with van der Waals surface area (Å²) in [5.41, 5.74) is 1.13. The number of thiazole rings is 1. The minimum Gasteiger partial charge on any atom is -0.356 e. The molecule has 126 valence electrons. The summed E-state index contributed by atoms with van der Waals surface area (Å²) in [5.74, 6) is 0.784. The van der Waals surface area contributed by atoms with Crippen molar-refractivity contribution in [2.45, 2.75) is 26.3 Å². The monoisotopic (exact) mass is 464 g/mol. The van der Waals surface area contributed by atoms with E-state index < -0.39 is 0 Å². The lowest BCUT2D eigenvalue weighted by Crippen LogP contribution is -2.37. The van der Waals surface area contributed by atoms with Crippen molar-refractivity contribution in [2.75, 3.05) is 13.6 Å². The molecule has 7 heteroatoms. The van der Waals surface area contributed by atoms with Crippen LogP contribution in [0.2, 0.25) is 5.02 Å². The Labute approximate surface area is 163 Å². The lowest BCUT2D eigenvalue weighted by atomic mass is 10.2. The Morgan fingerprint density at radius 3 is 2.83 bits per heavy atom. The van der Waals surface area contributed by atoms with Gasteiger partial charge in [0, 0.05) is 42.7 Å². The molecule has 0 fully saturated rings. The number of rotatable bonds is 6. The van der Waals surface area contributed by atoms with Gasteiger partial charge in [0.25, 0.3) is 0 Å². The van der Waals surface area contributed by atoms with Crippen LogP contribution in [0.3, 0.4) is 0 Å². The van der Waals surface area contributed by atoms with E-state index in [2.05, 4.69) is 27.5 Å². The van der Waals surface area contributed by atoms with E-state index in [0.29, 0.717) is 6.54 Å². The molecule has 0 amide bonds. The standard InChI is InChI=1S/C16H21ClN4S.HI/c1-3-14-11-20-15(22-14)7-8-19-16(18-2)21-10-12-5-4-6-13(17)9-12;/h4-6,9,11H,3,7-8,10H2,1-2H3,(H2,18,19,21);1H. The molecule has 2 aromatic rings. The fraction of sp³-hybridized carbons (Fsp3) is 0.375. The molecular formula is C16H22ClIN4S. The topological polar surface area (TPSA) is 49.3 Å². The summed E-state index contributed by atoms with van der Waals surface area (Å²) in [6, 6.07) is 7.80. The zero-order valence-corrected chi connectivity index (χ0v) is 17.2. The Morgan fingerprint density at radius 2 is 2.17 bits per heavy atom. The van der Waals surface area contributed by atoms with Crippen LogP contribution in [0, 0.1) is 0 Å². The average Bonchev–Trinajstić information content (AvgIpc) is 2.98. The summed E-state index contributed by atoms with van der Waals surface area (Å²) in [7, 11) is 1.77. The zero-order chi connectivity index (χ0) is 15.8. The van der Waals surface area contributed by atoms with Crippen LogP contribution in [0.4, 0.5) is 0 Å². The van der Waals surface area contributed by atoms with E-state index in [1.807, 2.05) is 30.5 Å². The molecule has 0 bridgehead atoms. The molecule has 4 nitrogen and oxygen atoms in total. The van der Waals surface area contributed by atoms with E-state index in [-0.39, 0.29) is 24.0 Å². The SMILES string of the molecule is CCc1cnc(CCNC(=NC)NCc2cccc(Cl)c2)s1.I. The molecule has 1 aromatic heterocycles. The maximum atomic E-state index is 5.98. The van der Waals surface area contributed by atoms with E-state index in [1.54, 1.807) is 18.4 Å². The largest absolute Gasteiger partial charge is 0.356 e. The second-order valence-electron chi connectivity index (χ2n) is 4.81. The average molecular weight is 465 g/mol. The van der Waals surface area contributed by atoms with E-state index in [4.69, 9.17) is 11.6 Å². The van der Waals surface area contributed by atoms with Crippen molar-refractivity contribution >= 4 is 52.9 Å². The normalized spacial score (nSPS) is 11.0. The predicted octanol–water partition coefficient (Wildman–Crippen LogP) is 3.88. The maximum absolute atomic E-state index is 5.98. The molecule has 23 heavy (non-hydrogen) atoms. The van der Waals surface area contributed by atoms with Gasteiger partial charge in [-0.05, 0) is 24.1 Å². The highest BCUT2D eigenvalue weighted by Crippen LogP contribution is 2.13. The van der Waals surface area contributed by atoms with Crippen LogP contribution in [0.15, 0.2) is 35.5 Å². The number of nitrogens with zero attached hydrogens (tertiary/aromatic N) is 2. The summed E-state index contributed by atoms with van der Waals surface area (Å²) < 4.78 is 0. The fourth-order valence-electron chi connectivity index (χ4n) is 1.97. The summed E-state index contributed by atoms with van der Waals surface area (Å²) in [4.78, 5) is 9.97. The smallest absolute Gasteiger partial charge is 0.191 e. The lowest BCUT2D eigenvalue weighted by Gasteiger charge is -2.11. The summed E-state index contributed by atoms with van der Waals surface area (Å²) in [6.07, 6.45) is 3.92. The molecule has 0 radical (unpaired) electrons. The zero-order valence-electron chi connectivity index (χ0n) is 13.3. The van der Waals surface area contributed by atoms with Gasteiger partial charge >= 0.3 is 0 Å². The van der Waals surface area contributed by atoms with E-state index >= 15 is 0 Å². The highest BCUT2D eigenvalue weighted by molar-refractivity contribution is 14.0. The Hall–Kier alpha value is -0.860. The number of aliphatic imine (C=N–C) groups is 1. The first-order chi connectivity index (χ1) is 10.7. The third-order valence-electron chi connectivity index (χ3n) is 3.15. The first kappa shape index (κ1) is 20.2. The number of aromatic nitrogens is 1. The highest BCUT2D eigenvalue weighted by Gasteiger charge is 2.02. The molecular weight excluding hydrogens is 443 g/mol. The van der Waals surface area contributed by atoms with Crippen LogP contribution in [0.5, 0.6) is 0 Å². The number of guanidine groups is 1. The predicted molar refractivity (Wildman–Crippen MR) is 110 cm³/mol. The van der Waals surface area contributed by atoms with Gasteiger partial charge in [0.1, 0.15) is 0 Å². The van der Waals surface area contributed by atoms with Gasteiger partial charge in [-0.2, -0.15) is 0 Å². The second-order valence-corrected chi connectivity index (χ2v) is 6.44. The minimum atomic E-state index is 0.